The zero-order chi connectivity index (χ0) is 16.1. The average Bonchev–Trinajstić information content (AvgIpc) is 2.80. The van der Waals surface area contributed by atoms with Crippen LogP contribution in [0, 0.1) is 0 Å². The molecule has 1 atom stereocenters. The monoisotopic (exact) mass is 338 g/mol. The van der Waals surface area contributed by atoms with Crippen LogP contribution in [0.25, 0.3) is 0 Å². The van der Waals surface area contributed by atoms with Crippen molar-refractivity contribution in [3.8, 4) is 17.2 Å². The van der Waals surface area contributed by atoms with Gasteiger partial charge in [0, 0.05) is 11.0 Å². The van der Waals surface area contributed by atoms with Gasteiger partial charge in [-0.25, -0.2) is 0 Å². The van der Waals surface area contributed by atoms with E-state index < -0.39 is 0 Å². The lowest BCUT2D eigenvalue weighted by Crippen LogP contribution is -2.26. The maximum atomic E-state index is 5.93. The highest BCUT2D eigenvalue weighted by molar-refractivity contribution is 8.00. The molecule has 4 nitrogen and oxygen atoms in total. The van der Waals surface area contributed by atoms with Crippen molar-refractivity contribution in [1.82, 2.24) is 0 Å². The molecule has 0 amide bonds. The summed E-state index contributed by atoms with van der Waals surface area (Å²) in [6, 6.07) is 2.07. The summed E-state index contributed by atoms with van der Waals surface area (Å²) in [4.78, 5) is 1.17. The maximum absolute atomic E-state index is 5.93. The van der Waals surface area contributed by atoms with Crippen LogP contribution in [0.5, 0.6) is 17.2 Å². The van der Waals surface area contributed by atoms with E-state index in [1.165, 1.54) is 4.90 Å². The lowest BCUT2D eigenvalue weighted by atomic mass is 10.2. The van der Waals surface area contributed by atoms with Crippen LogP contribution in [0.15, 0.2) is 11.0 Å². The molecular weight excluding hydrogens is 314 g/mol. The molecule has 1 aliphatic rings. The molecule has 0 bridgehead atoms. The molecule has 0 N–H and O–H groups in total. The first-order valence-electron chi connectivity index (χ1n) is 7.94. The Balaban J connectivity index is 2.51. The zero-order valence-electron chi connectivity index (χ0n) is 13.8. The van der Waals surface area contributed by atoms with Crippen LogP contribution in [0.2, 0.25) is 0 Å². The van der Waals surface area contributed by atoms with E-state index in [2.05, 4.69) is 28.0 Å². The summed E-state index contributed by atoms with van der Waals surface area (Å²) in [5.74, 6) is 2.23. The Morgan fingerprint density at radius 2 is 1.68 bits per heavy atom. The highest BCUT2D eigenvalue weighted by Crippen LogP contribution is 2.55. The number of ether oxygens (including phenoxy) is 3. The van der Waals surface area contributed by atoms with Gasteiger partial charge in [-0.3, -0.25) is 0 Å². The van der Waals surface area contributed by atoms with Crippen LogP contribution >= 0.6 is 11.8 Å². The molecule has 0 aromatic heterocycles. The minimum atomic E-state index is 0.363. The van der Waals surface area contributed by atoms with Crippen LogP contribution in [0.3, 0.4) is 0 Å². The zero-order valence-corrected chi connectivity index (χ0v) is 15.6. The van der Waals surface area contributed by atoms with Gasteiger partial charge in [0.05, 0.1) is 30.9 Å². The van der Waals surface area contributed by atoms with E-state index in [0.29, 0.717) is 30.9 Å². The number of fused-ring (bicyclic) bond motifs is 1. The van der Waals surface area contributed by atoms with Gasteiger partial charge in [-0.05, 0) is 27.2 Å². The largest absolute Gasteiger partial charge is 0.490 e. The van der Waals surface area contributed by atoms with E-state index >= 15 is 0 Å². The van der Waals surface area contributed by atoms with E-state index in [4.69, 9.17) is 14.2 Å². The second kappa shape index (κ2) is 8.01. The van der Waals surface area contributed by atoms with E-state index in [1.54, 1.807) is 0 Å². The third kappa shape index (κ3) is 3.32. The summed E-state index contributed by atoms with van der Waals surface area (Å²) >= 11 is 1.84. The molecule has 1 aliphatic heterocycles. The number of nitrogens with zero attached hydrogens (tertiary/aromatic N) is 1. The number of anilines is 1. The number of hydrogen-bond donors (Lipinski definition) is 0. The molecule has 0 fully saturated rings. The van der Waals surface area contributed by atoms with Crippen molar-refractivity contribution in [3.63, 3.8) is 0 Å². The fourth-order valence-electron chi connectivity index (χ4n) is 2.50. The molecule has 6 heteroatoms. The first kappa shape index (κ1) is 17.3. The Morgan fingerprint density at radius 3 is 2.27 bits per heavy atom. The lowest BCUT2D eigenvalue weighted by Gasteiger charge is -2.24. The van der Waals surface area contributed by atoms with E-state index in [1.807, 2.05) is 32.5 Å². The molecule has 121 valence electrons. The third-order valence-electron chi connectivity index (χ3n) is 3.35. The van der Waals surface area contributed by atoms with Crippen molar-refractivity contribution in [2.75, 3.05) is 24.4 Å². The first-order valence-corrected chi connectivity index (χ1v) is 9.26. The third-order valence-corrected chi connectivity index (χ3v) is 5.35. The Kier molecular flexibility index (Phi) is 6.32. The molecule has 1 aromatic rings. The predicted octanol–water partition coefficient (Wildman–Crippen LogP) is 4.00. The summed E-state index contributed by atoms with van der Waals surface area (Å²) in [6.07, 6.45) is 2.23. The number of rotatable bonds is 8. The molecule has 0 saturated carbocycles. The number of hydrogen-bond acceptors (Lipinski definition) is 5. The van der Waals surface area contributed by atoms with Crippen molar-refractivity contribution in [2.24, 2.45) is 0 Å². The van der Waals surface area contributed by atoms with Crippen molar-refractivity contribution < 1.29 is 14.2 Å². The fraction of sp³-hybridized carbons (Fsp3) is 0.625. The Morgan fingerprint density at radius 1 is 1.05 bits per heavy atom. The molecule has 1 heterocycles. The SMILES string of the molecule is CCCC1Sc2cc(OCC)c(OCC)c(OCC)c2N1[Si]. The molecule has 1 unspecified atom stereocenters. The van der Waals surface area contributed by atoms with Crippen LogP contribution in [-0.2, 0) is 0 Å². The van der Waals surface area contributed by atoms with Crippen LogP contribution < -0.4 is 18.8 Å². The first-order chi connectivity index (χ1) is 10.7. The Hall–Kier alpha value is -1.01. The van der Waals surface area contributed by atoms with Gasteiger partial charge in [0.25, 0.3) is 0 Å². The molecular formula is C16H24NO3SSi. The smallest absolute Gasteiger partial charge is 0.205 e. The lowest BCUT2D eigenvalue weighted by molar-refractivity contribution is 0.260. The van der Waals surface area contributed by atoms with Crippen LogP contribution in [-0.4, -0.2) is 35.6 Å². The molecule has 0 saturated heterocycles. The van der Waals surface area contributed by atoms with Gasteiger partial charge in [0.15, 0.2) is 21.9 Å². The van der Waals surface area contributed by atoms with E-state index in [-0.39, 0.29) is 0 Å². The average molecular weight is 339 g/mol. The molecule has 0 aliphatic carbocycles. The molecule has 3 radical (unpaired) electrons. The summed E-state index contributed by atoms with van der Waals surface area (Å²) in [5.41, 5.74) is 1.05. The summed E-state index contributed by atoms with van der Waals surface area (Å²) < 4.78 is 19.7. The predicted molar refractivity (Wildman–Crippen MR) is 92.7 cm³/mol. The fourth-order valence-corrected chi connectivity index (χ4v) is 4.43. The van der Waals surface area contributed by atoms with Gasteiger partial charge in [0.1, 0.15) is 0 Å². The standard InChI is InChI=1S/C16H24NO3SSi/c1-5-9-13-17(22)14-12(21-13)10-11(18-6-2)15(19-7-3)16(14)20-8-4/h10,13H,5-9H2,1-4H3. The van der Waals surface area contributed by atoms with Crippen LogP contribution in [0.1, 0.15) is 40.5 Å². The minimum Gasteiger partial charge on any atom is -0.490 e. The van der Waals surface area contributed by atoms with Crippen molar-refractivity contribution >= 4 is 27.9 Å². The molecule has 1 aromatic carbocycles. The van der Waals surface area contributed by atoms with Gasteiger partial charge in [-0.2, -0.15) is 0 Å². The Bertz CT molecular complexity index is 513. The van der Waals surface area contributed by atoms with Gasteiger partial charge in [-0.1, -0.05) is 25.1 Å². The number of thioether (sulfide) groups is 1. The number of benzene rings is 1. The highest BCUT2D eigenvalue weighted by Gasteiger charge is 2.33. The van der Waals surface area contributed by atoms with Gasteiger partial charge in [0.2, 0.25) is 5.75 Å². The molecule has 2 rings (SSSR count). The van der Waals surface area contributed by atoms with Gasteiger partial charge in [-0.15, -0.1) is 0 Å². The normalized spacial score (nSPS) is 16.6. The summed E-state index contributed by atoms with van der Waals surface area (Å²) in [7, 11) is 3.77. The van der Waals surface area contributed by atoms with E-state index in [9.17, 15) is 0 Å². The van der Waals surface area contributed by atoms with Gasteiger partial charge >= 0.3 is 0 Å². The topological polar surface area (TPSA) is 30.9 Å². The molecule has 22 heavy (non-hydrogen) atoms. The van der Waals surface area contributed by atoms with Gasteiger partial charge < -0.3 is 18.8 Å². The highest BCUT2D eigenvalue weighted by atomic mass is 32.2. The summed E-state index contributed by atoms with van der Waals surface area (Å²) in [6.45, 7) is 9.90. The van der Waals surface area contributed by atoms with Crippen molar-refractivity contribution in [2.45, 2.75) is 50.8 Å². The second-order valence-electron chi connectivity index (χ2n) is 4.91. The molecule has 0 spiro atoms. The Labute approximate surface area is 141 Å². The van der Waals surface area contributed by atoms with E-state index in [0.717, 1.165) is 30.0 Å². The maximum Gasteiger partial charge on any atom is 0.205 e. The second-order valence-corrected chi connectivity index (χ2v) is 6.61. The quantitative estimate of drug-likeness (QED) is 0.669. The minimum absolute atomic E-state index is 0.363. The van der Waals surface area contributed by atoms with Crippen molar-refractivity contribution in [1.29, 1.82) is 0 Å². The van der Waals surface area contributed by atoms with Crippen molar-refractivity contribution in [3.05, 3.63) is 6.07 Å². The van der Waals surface area contributed by atoms with Crippen LogP contribution in [0.4, 0.5) is 5.69 Å². The summed E-state index contributed by atoms with van der Waals surface area (Å²) in [5, 5.41) is 0.363.